The molecule has 2 heterocycles. The molecule has 0 radical (unpaired) electrons. The highest BCUT2D eigenvalue weighted by atomic mass is 16.7. The van der Waals surface area contributed by atoms with E-state index in [1.165, 1.54) is 35.1 Å². The van der Waals surface area contributed by atoms with Crippen LogP contribution in [0.15, 0.2) is 54.7 Å². The van der Waals surface area contributed by atoms with Gasteiger partial charge in [0.1, 0.15) is 28.6 Å². The van der Waals surface area contributed by atoms with Crippen molar-refractivity contribution >= 4 is 28.8 Å². The largest absolute Gasteiger partial charge is 0.513 e. The average molecular weight is 471 g/mol. The number of fused-ring (bicyclic) bond motifs is 1. The molecule has 0 unspecified atom stereocenters. The maximum absolute atomic E-state index is 12.9. The van der Waals surface area contributed by atoms with Gasteiger partial charge in [0.2, 0.25) is 0 Å². The lowest BCUT2D eigenvalue weighted by atomic mass is 10.1. The first kappa shape index (κ1) is 23.3. The lowest BCUT2D eigenvalue weighted by molar-refractivity contribution is 0.102. The number of pyridine rings is 1. The van der Waals surface area contributed by atoms with E-state index in [4.69, 9.17) is 14.2 Å². The van der Waals surface area contributed by atoms with Crippen LogP contribution >= 0.6 is 0 Å². The monoisotopic (exact) mass is 471 g/mol. The van der Waals surface area contributed by atoms with Crippen molar-refractivity contribution in [2.75, 3.05) is 19.0 Å². The lowest BCUT2D eigenvalue weighted by Crippen LogP contribution is -2.17. The molecule has 1 N–H and O–H groups in total. The Morgan fingerprint density at radius 1 is 1.17 bits per heavy atom. The number of para-hydroxylation sites is 1. The average Bonchev–Trinajstić information content (AvgIpc) is 3.26. The van der Waals surface area contributed by atoms with Gasteiger partial charge < -0.3 is 19.5 Å². The summed E-state index contributed by atoms with van der Waals surface area (Å²) in [5.41, 5.74) is 2.00. The van der Waals surface area contributed by atoms with Crippen LogP contribution in [-0.2, 0) is 4.74 Å². The number of benzene rings is 2. The summed E-state index contributed by atoms with van der Waals surface area (Å²) < 4.78 is 16.6. The van der Waals surface area contributed by atoms with Crippen LogP contribution in [0.25, 0.3) is 16.7 Å². The van der Waals surface area contributed by atoms with Gasteiger partial charge in [-0.2, -0.15) is 15.0 Å². The predicted molar refractivity (Wildman–Crippen MR) is 127 cm³/mol. The Kier molecular flexibility index (Phi) is 6.59. The number of carbonyl (C=O) groups is 2. The second-order valence-corrected chi connectivity index (χ2v) is 7.35. The summed E-state index contributed by atoms with van der Waals surface area (Å²) in [4.78, 5) is 29.1. The molecule has 1 amide bonds. The zero-order valence-corrected chi connectivity index (χ0v) is 19.2. The Hall–Kier alpha value is -4.91. The van der Waals surface area contributed by atoms with Crippen molar-refractivity contribution in [3.05, 3.63) is 71.4 Å². The summed E-state index contributed by atoms with van der Waals surface area (Å²) in [6, 6.07) is 15.4. The molecule has 4 rings (SSSR count). The number of nitrogens with zero attached hydrogens (tertiary/aromatic N) is 4. The minimum Gasteiger partial charge on any atom is -0.494 e. The van der Waals surface area contributed by atoms with Crippen molar-refractivity contribution in [2.45, 2.75) is 13.8 Å². The fourth-order valence-electron chi connectivity index (χ4n) is 3.47. The van der Waals surface area contributed by atoms with Crippen LogP contribution in [0.4, 0.5) is 10.6 Å². The number of nitrogens with one attached hydrogen (secondary N) is 1. The molecule has 0 spiro atoms. The molecule has 0 aliphatic heterocycles. The number of aromatic nitrogens is 3. The first-order chi connectivity index (χ1) is 16.9. The number of hydrogen-bond acceptors (Lipinski definition) is 8. The Morgan fingerprint density at radius 2 is 1.94 bits per heavy atom. The Balaban J connectivity index is 1.65. The predicted octanol–water partition coefficient (Wildman–Crippen LogP) is 4.40. The van der Waals surface area contributed by atoms with Gasteiger partial charge >= 0.3 is 6.16 Å². The molecule has 0 bridgehead atoms. The van der Waals surface area contributed by atoms with Crippen LogP contribution in [0.1, 0.15) is 28.4 Å². The van der Waals surface area contributed by atoms with E-state index in [1.807, 2.05) is 31.2 Å². The third-order valence-electron chi connectivity index (χ3n) is 5.13. The fraction of sp³-hybridized carbons (Fsp3) is 0.160. The second-order valence-electron chi connectivity index (χ2n) is 7.35. The van der Waals surface area contributed by atoms with E-state index in [1.54, 1.807) is 20.1 Å². The van der Waals surface area contributed by atoms with Gasteiger partial charge in [0.05, 0.1) is 19.9 Å². The van der Waals surface area contributed by atoms with E-state index in [2.05, 4.69) is 15.4 Å². The number of amides is 1. The summed E-state index contributed by atoms with van der Waals surface area (Å²) in [5.74, 6) is 0.921. The Bertz CT molecular complexity index is 1450. The van der Waals surface area contributed by atoms with Crippen LogP contribution < -0.4 is 14.8 Å². The fourth-order valence-corrected chi connectivity index (χ4v) is 3.47. The van der Waals surface area contributed by atoms with E-state index in [0.29, 0.717) is 17.1 Å². The highest BCUT2D eigenvalue weighted by molar-refractivity contribution is 6.04. The molecule has 0 saturated carbocycles. The molecule has 35 heavy (non-hydrogen) atoms. The molecular weight excluding hydrogens is 450 g/mol. The summed E-state index contributed by atoms with van der Waals surface area (Å²) in [6.45, 7) is 3.78. The van der Waals surface area contributed by atoms with Gasteiger partial charge in [0, 0.05) is 10.9 Å². The van der Waals surface area contributed by atoms with Gasteiger partial charge in [-0.15, -0.1) is 0 Å². The van der Waals surface area contributed by atoms with Crippen LogP contribution in [0.3, 0.4) is 0 Å². The molecule has 0 atom stereocenters. The zero-order chi connectivity index (χ0) is 24.9. The van der Waals surface area contributed by atoms with Crippen molar-refractivity contribution in [1.82, 2.24) is 14.8 Å². The number of aryl methyl sites for hydroxylation is 1. The molecule has 10 nitrogen and oxygen atoms in total. The standard InChI is InChI=1S/C25H21N5O5/c1-4-34-25(32)35-18-10-8-16(9-11-18)24(31)29-23-17(13-26)14-27-30(23)21-12-15(2)19-6-5-7-20(33-3)22(19)28-21/h5-12,14H,4H2,1-3H3,(H,29,31). The van der Waals surface area contributed by atoms with Crippen molar-refractivity contribution in [3.8, 4) is 23.4 Å². The van der Waals surface area contributed by atoms with E-state index < -0.39 is 12.1 Å². The first-order valence-electron chi connectivity index (χ1n) is 10.6. The van der Waals surface area contributed by atoms with Crippen LogP contribution in [0, 0.1) is 18.3 Å². The maximum Gasteiger partial charge on any atom is 0.513 e. The molecule has 2 aromatic heterocycles. The topological polar surface area (TPSA) is 128 Å². The van der Waals surface area contributed by atoms with Gasteiger partial charge in [-0.05, 0) is 55.8 Å². The van der Waals surface area contributed by atoms with Crippen molar-refractivity contribution in [3.63, 3.8) is 0 Å². The number of methoxy groups -OCH3 is 1. The first-order valence-corrected chi connectivity index (χ1v) is 10.6. The summed E-state index contributed by atoms with van der Waals surface area (Å²) in [6.07, 6.45) is 0.525. The number of carbonyl (C=O) groups excluding carboxylic acids is 2. The van der Waals surface area contributed by atoms with Gasteiger partial charge in [-0.25, -0.2) is 9.78 Å². The molecule has 176 valence electrons. The number of anilines is 1. The van der Waals surface area contributed by atoms with E-state index in [9.17, 15) is 14.9 Å². The van der Waals surface area contributed by atoms with Gasteiger partial charge in [-0.3, -0.25) is 4.79 Å². The molecule has 0 aliphatic rings. The number of rotatable bonds is 6. The molecular formula is C25H21N5O5. The third-order valence-corrected chi connectivity index (χ3v) is 5.13. The van der Waals surface area contributed by atoms with Gasteiger partial charge in [0.15, 0.2) is 11.6 Å². The highest BCUT2D eigenvalue weighted by Crippen LogP contribution is 2.29. The molecule has 0 aliphatic carbocycles. The summed E-state index contributed by atoms with van der Waals surface area (Å²) in [7, 11) is 1.56. The minimum atomic E-state index is -0.831. The second kappa shape index (κ2) is 9.93. The van der Waals surface area contributed by atoms with Crippen LogP contribution in [0.2, 0.25) is 0 Å². The molecule has 4 aromatic rings. The summed E-state index contributed by atoms with van der Waals surface area (Å²) in [5, 5.41) is 17.5. The Morgan fingerprint density at radius 3 is 2.63 bits per heavy atom. The summed E-state index contributed by atoms with van der Waals surface area (Å²) >= 11 is 0. The normalized spacial score (nSPS) is 10.5. The van der Waals surface area contributed by atoms with Crippen molar-refractivity contribution < 1.29 is 23.8 Å². The molecule has 2 aromatic carbocycles. The van der Waals surface area contributed by atoms with E-state index >= 15 is 0 Å². The van der Waals surface area contributed by atoms with E-state index in [-0.39, 0.29) is 29.3 Å². The number of hydrogen-bond donors (Lipinski definition) is 1. The molecule has 10 heteroatoms. The third kappa shape index (κ3) is 4.74. The van der Waals surface area contributed by atoms with Crippen molar-refractivity contribution in [1.29, 1.82) is 5.26 Å². The minimum absolute atomic E-state index is 0.167. The van der Waals surface area contributed by atoms with Gasteiger partial charge in [-0.1, -0.05) is 12.1 Å². The highest BCUT2D eigenvalue weighted by Gasteiger charge is 2.19. The Labute approximate surface area is 200 Å². The van der Waals surface area contributed by atoms with Crippen molar-refractivity contribution in [2.24, 2.45) is 0 Å². The van der Waals surface area contributed by atoms with Crippen LogP contribution in [-0.4, -0.2) is 40.5 Å². The zero-order valence-electron chi connectivity index (χ0n) is 19.2. The number of nitriles is 1. The maximum atomic E-state index is 12.9. The smallest absolute Gasteiger partial charge is 0.494 e. The van der Waals surface area contributed by atoms with E-state index in [0.717, 1.165) is 10.9 Å². The number of ether oxygens (including phenoxy) is 3. The molecule has 0 saturated heterocycles. The van der Waals surface area contributed by atoms with Crippen LogP contribution in [0.5, 0.6) is 11.5 Å². The van der Waals surface area contributed by atoms with Gasteiger partial charge in [0.25, 0.3) is 5.91 Å². The molecule has 0 fully saturated rings. The SMILES string of the molecule is CCOC(=O)Oc1ccc(C(=O)Nc2c(C#N)cnn2-c2cc(C)c3cccc(OC)c3n2)cc1. The quantitative estimate of drug-likeness (QED) is 0.324. The lowest BCUT2D eigenvalue weighted by Gasteiger charge is -2.12.